The molecule has 1 N–H and O–H groups in total. The number of hydrogen-bond donors (Lipinski definition) is 1. The quantitative estimate of drug-likeness (QED) is 0.745. The predicted molar refractivity (Wildman–Crippen MR) is 107 cm³/mol. The Morgan fingerprint density at radius 3 is 2.81 bits per heavy atom. The molecule has 142 valence electrons. The van der Waals surface area contributed by atoms with Crippen molar-refractivity contribution in [1.29, 1.82) is 0 Å². The monoisotopic (exact) mass is 375 g/mol. The molecule has 0 radical (unpaired) electrons. The second kappa shape index (κ2) is 9.42. The van der Waals surface area contributed by atoms with E-state index in [9.17, 15) is 9.59 Å². The third-order valence-electron chi connectivity index (χ3n) is 5.21. The van der Waals surface area contributed by atoms with E-state index in [1.54, 1.807) is 4.90 Å². The summed E-state index contributed by atoms with van der Waals surface area (Å²) in [6.45, 7) is 6.67. The zero-order chi connectivity index (χ0) is 18.4. The lowest BCUT2D eigenvalue weighted by Gasteiger charge is -2.30. The van der Waals surface area contributed by atoms with E-state index in [1.165, 1.54) is 37.7 Å². The van der Waals surface area contributed by atoms with Gasteiger partial charge in [0.05, 0.1) is 11.4 Å². The van der Waals surface area contributed by atoms with Gasteiger partial charge in [-0.3, -0.25) is 9.59 Å². The van der Waals surface area contributed by atoms with Crippen LogP contribution in [0.4, 0.5) is 5.69 Å². The van der Waals surface area contributed by atoms with Crippen LogP contribution in [-0.4, -0.2) is 55.2 Å². The number of nitrogens with one attached hydrogen (secondary N) is 1. The zero-order valence-corrected chi connectivity index (χ0v) is 16.4. The highest BCUT2D eigenvalue weighted by Gasteiger charge is 2.26. The number of carbonyl (C=O) groups excluding carboxylic acids is 2. The minimum absolute atomic E-state index is 0.00294. The molecule has 26 heavy (non-hydrogen) atoms. The molecule has 0 spiro atoms. The summed E-state index contributed by atoms with van der Waals surface area (Å²) in [5.74, 6) is 1.19. The fourth-order valence-electron chi connectivity index (χ4n) is 3.50. The smallest absolute Gasteiger partial charge is 0.240 e. The Labute approximate surface area is 160 Å². The Kier molecular flexibility index (Phi) is 6.97. The molecule has 2 amide bonds. The predicted octanol–water partition coefficient (Wildman–Crippen LogP) is 2.75. The van der Waals surface area contributed by atoms with E-state index in [4.69, 9.17) is 0 Å². The number of hydrogen-bond acceptors (Lipinski definition) is 4. The van der Waals surface area contributed by atoms with E-state index in [0.717, 1.165) is 35.9 Å². The van der Waals surface area contributed by atoms with Crippen LogP contribution in [0.1, 0.15) is 32.6 Å². The number of benzene rings is 1. The van der Waals surface area contributed by atoms with Gasteiger partial charge in [0.15, 0.2) is 0 Å². The maximum Gasteiger partial charge on any atom is 0.240 e. The van der Waals surface area contributed by atoms with Gasteiger partial charge in [-0.1, -0.05) is 19.1 Å². The Bertz CT molecular complexity index is 629. The molecule has 0 aliphatic carbocycles. The molecule has 2 aliphatic rings. The summed E-state index contributed by atoms with van der Waals surface area (Å²) in [5, 5.41) is 2.97. The number of thioether (sulfide) groups is 1. The molecule has 0 unspecified atom stereocenters. The first-order valence-corrected chi connectivity index (χ1v) is 10.6. The van der Waals surface area contributed by atoms with Crippen molar-refractivity contribution in [3.63, 3.8) is 0 Å². The summed E-state index contributed by atoms with van der Waals surface area (Å²) < 4.78 is 0. The number of amides is 2. The topological polar surface area (TPSA) is 52.7 Å². The highest BCUT2D eigenvalue weighted by Crippen LogP contribution is 2.34. The Morgan fingerprint density at radius 2 is 2.00 bits per heavy atom. The van der Waals surface area contributed by atoms with Crippen LogP contribution in [-0.2, 0) is 9.59 Å². The van der Waals surface area contributed by atoms with Crippen molar-refractivity contribution >= 4 is 29.3 Å². The standard InChI is InChI=1S/C20H29N3O2S/c1-16-8-12-22(13-9-16)11-5-4-10-21-19(24)14-23-17-6-2-3-7-18(17)26-15-20(23)25/h2-3,6-7,16H,4-5,8-15H2,1H3,(H,21,24). The van der Waals surface area contributed by atoms with E-state index in [0.29, 0.717) is 12.3 Å². The number of carbonyl (C=O) groups is 2. The summed E-state index contributed by atoms with van der Waals surface area (Å²) in [4.78, 5) is 29.6. The zero-order valence-electron chi connectivity index (χ0n) is 15.6. The number of piperidine rings is 1. The van der Waals surface area contributed by atoms with Crippen LogP contribution in [0.25, 0.3) is 0 Å². The molecule has 2 heterocycles. The summed E-state index contributed by atoms with van der Waals surface area (Å²) in [5.41, 5.74) is 0.850. The molecule has 0 bridgehead atoms. The van der Waals surface area contributed by atoms with Gasteiger partial charge >= 0.3 is 0 Å². The Balaban J connectivity index is 1.36. The first-order chi connectivity index (χ1) is 12.6. The van der Waals surface area contributed by atoms with Crippen molar-refractivity contribution in [2.75, 3.05) is 43.4 Å². The van der Waals surface area contributed by atoms with Crippen molar-refractivity contribution in [1.82, 2.24) is 10.2 Å². The molecule has 0 saturated carbocycles. The van der Waals surface area contributed by atoms with Crippen LogP contribution >= 0.6 is 11.8 Å². The largest absolute Gasteiger partial charge is 0.355 e. The lowest BCUT2D eigenvalue weighted by molar-refractivity contribution is -0.123. The van der Waals surface area contributed by atoms with Gasteiger partial charge in [-0.05, 0) is 63.4 Å². The number of nitrogens with zero attached hydrogens (tertiary/aromatic N) is 2. The van der Waals surface area contributed by atoms with E-state index in [1.807, 2.05) is 24.3 Å². The maximum atomic E-state index is 12.2. The number of para-hydroxylation sites is 1. The third kappa shape index (κ3) is 5.24. The van der Waals surface area contributed by atoms with Crippen LogP contribution in [0.15, 0.2) is 29.2 Å². The number of likely N-dealkylation sites (tertiary alicyclic amines) is 1. The highest BCUT2D eigenvalue weighted by molar-refractivity contribution is 8.00. The van der Waals surface area contributed by atoms with Gasteiger partial charge in [0, 0.05) is 11.4 Å². The van der Waals surface area contributed by atoms with Gasteiger partial charge in [-0.25, -0.2) is 0 Å². The minimum atomic E-state index is -0.0770. The average Bonchev–Trinajstić information content (AvgIpc) is 2.65. The van der Waals surface area contributed by atoms with Crippen molar-refractivity contribution < 1.29 is 9.59 Å². The molecule has 1 saturated heterocycles. The van der Waals surface area contributed by atoms with Gasteiger partial charge in [0.1, 0.15) is 6.54 Å². The Morgan fingerprint density at radius 1 is 1.23 bits per heavy atom. The summed E-state index contributed by atoms with van der Waals surface area (Å²) in [7, 11) is 0. The molecular weight excluding hydrogens is 346 g/mol. The molecule has 0 atom stereocenters. The van der Waals surface area contributed by atoms with Crippen LogP contribution in [0.2, 0.25) is 0 Å². The number of rotatable bonds is 7. The molecule has 0 aromatic heterocycles. The van der Waals surface area contributed by atoms with Crippen molar-refractivity contribution in [2.45, 2.75) is 37.5 Å². The lowest BCUT2D eigenvalue weighted by Crippen LogP contribution is -2.43. The molecule has 1 aromatic carbocycles. The van der Waals surface area contributed by atoms with E-state index in [2.05, 4.69) is 17.1 Å². The molecular formula is C20H29N3O2S. The first-order valence-electron chi connectivity index (χ1n) is 9.65. The van der Waals surface area contributed by atoms with Gasteiger partial charge in [-0.15, -0.1) is 11.8 Å². The first kappa shape index (κ1) is 19.2. The van der Waals surface area contributed by atoms with E-state index < -0.39 is 0 Å². The lowest BCUT2D eigenvalue weighted by atomic mass is 9.99. The fraction of sp³-hybridized carbons (Fsp3) is 0.600. The summed E-state index contributed by atoms with van der Waals surface area (Å²) in [6, 6.07) is 7.78. The molecule has 3 rings (SSSR count). The number of anilines is 1. The summed E-state index contributed by atoms with van der Waals surface area (Å²) >= 11 is 1.54. The number of fused-ring (bicyclic) bond motifs is 1. The maximum absolute atomic E-state index is 12.2. The second-order valence-corrected chi connectivity index (χ2v) is 8.33. The van der Waals surface area contributed by atoms with Gasteiger partial charge < -0.3 is 15.1 Å². The van der Waals surface area contributed by atoms with Crippen LogP contribution in [0, 0.1) is 5.92 Å². The Hall–Kier alpha value is -1.53. The minimum Gasteiger partial charge on any atom is -0.355 e. The van der Waals surface area contributed by atoms with Crippen molar-refractivity contribution in [3.05, 3.63) is 24.3 Å². The molecule has 6 heteroatoms. The number of unbranched alkanes of at least 4 members (excludes halogenated alkanes) is 1. The normalized spacial score (nSPS) is 18.7. The SMILES string of the molecule is CC1CCN(CCCCNC(=O)CN2C(=O)CSc3ccccc32)CC1. The molecule has 1 fully saturated rings. The van der Waals surface area contributed by atoms with Crippen LogP contribution < -0.4 is 10.2 Å². The molecule has 2 aliphatic heterocycles. The highest BCUT2D eigenvalue weighted by atomic mass is 32.2. The van der Waals surface area contributed by atoms with Crippen LogP contribution in [0.5, 0.6) is 0 Å². The van der Waals surface area contributed by atoms with Crippen molar-refractivity contribution in [3.8, 4) is 0 Å². The summed E-state index contributed by atoms with van der Waals surface area (Å²) in [6.07, 6.45) is 4.70. The average molecular weight is 376 g/mol. The van der Waals surface area contributed by atoms with Gasteiger partial charge in [-0.2, -0.15) is 0 Å². The molecule has 5 nitrogen and oxygen atoms in total. The fourth-order valence-corrected chi connectivity index (χ4v) is 4.44. The van der Waals surface area contributed by atoms with Crippen molar-refractivity contribution in [2.24, 2.45) is 5.92 Å². The van der Waals surface area contributed by atoms with Crippen LogP contribution in [0.3, 0.4) is 0 Å². The second-order valence-electron chi connectivity index (χ2n) is 7.32. The van der Waals surface area contributed by atoms with Gasteiger partial charge in [0.25, 0.3) is 0 Å². The molecule has 1 aromatic rings. The third-order valence-corrected chi connectivity index (χ3v) is 6.26. The van der Waals surface area contributed by atoms with Gasteiger partial charge in [0.2, 0.25) is 11.8 Å². The van der Waals surface area contributed by atoms with E-state index >= 15 is 0 Å². The van der Waals surface area contributed by atoms with E-state index in [-0.39, 0.29) is 18.4 Å².